The van der Waals surface area contributed by atoms with Gasteiger partial charge in [0.05, 0.1) is 11.0 Å². The van der Waals surface area contributed by atoms with Gasteiger partial charge in [0.2, 0.25) is 0 Å². The summed E-state index contributed by atoms with van der Waals surface area (Å²) in [5, 5.41) is 3.63. The van der Waals surface area contributed by atoms with E-state index in [0.29, 0.717) is 6.04 Å². The standard InChI is InChI=1S/C16H23N3O/c1-2-11-4-3-5-12(7-6-11)17-13-8-9-14-15(10-13)19-16(20)18-14/h8-12,17H,2-7H2,1H3,(H2,18,19,20). The van der Waals surface area contributed by atoms with Crippen molar-refractivity contribution in [1.29, 1.82) is 0 Å². The van der Waals surface area contributed by atoms with E-state index in [4.69, 9.17) is 0 Å². The van der Waals surface area contributed by atoms with Crippen molar-refractivity contribution in [3.05, 3.63) is 28.7 Å². The van der Waals surface area contributed by atoms with Crippen molar-refractivity contribution in [3.63, 3.8) is 0 Å². The Morgan fingerprint density at radius 3 is 2.85 bits per heavy atom. The van der Waals surface area contributed by atoms with Crippen molar-refractivity contribution in [1.82, 2.24) is 9.97 Å². The van der Waals surface area contributed by atoms with E-state index >= 15 is 0 Å². The van der Waals surface area contributed by atoms with E-state index in [-0.39, 0.29) is 5.69 Å². The predicted octanol–water partition coefficient (Wildman–Crippen LogP) is 3.63. The minimum atomic E-state index is -0.141. The lowest BCUT2D eigenvalue weighted by molar-refractivity contribution is 0.444. The number of hydrogen-bond donors (Lipinski definition) is 3. The average molecular weight is 273 g/mol. The van der Waals surface area contributed by atoms with Crippen LogP contribution in [0.3, 0.4) is 0 Å². The molecule has 3 rings (SSSR count). The first kappa shape index (κ1) is 13.3. The molecule has 1 heterocycles. The van der Waals surface area contributed by atoms with Gasteiger partial charge in [-0.25, -0.2) is 4.79 Å². The third-order valence-corrected chi connectivity index (χ3v) is 4.55. The van der Waals surface area contributed by atoms with Crippen LogP contribution in [0.15, 0.2) is 23.0 Å². The summed E-state index contributed by atoms with van der Waals surface area (Å²) < 4.78 is 0. The Morgan fingerprint density at radius 1 is 1.15 bits per heavy atom. The third-order valence-electron chi connectivity index (χ3n) is 4.55. The van der Waals surface area contributed by atoms with E-state index in [2.05, 4.69) is 22.2 Å². The van der Waals surface area contributed by atoms with Gasteiger partial charge in [-0.2, -0.15) is 0 Å². The second-order valence-corrected chi connectivity index (χ2v) is 5.96. The number of rotatable bonds is 3. The minimum Gasteiger partial charge on any atom is -0.382 e. The molecule has 0 aliphatic heterocycles. The lowest BCUT2D eigenvalue weighted by Crippen LogP contribution is -2.18. The van der Waals surface area contributed by atoms with Gasteiger partial charge in [-0.05, 0) is 43.4 Å². The Bertz CT molecular complexity index is 628. The highest BCUT2D eigenvalue weighted by molar-refractivity contribution is 5.78. The molecule has 108 valence electrons. The van der Waals surface area contributed by atoms with Crippen molar-refractivity contribution in [2.45, 2.75) is 51.5 Å². The molecule has 1 fully saturated rings. The normalized spacial score (nSPS) is 23.6. The van der Waals surface area contributed by atoms with Crippen LogP contribution in [0.25, 0.3) is 11.0 Å². The highest BCUT2D eigenvalue weighted by Gasteiger charge is 2.17. The zero-order valence-corrected chi connectivity index (χ0v) is 12.0. The van der Waals surface area contributed by atoms with Crippen molar-refractivity contribution in [2.24, 2.45) is 5.92 Å². The molecule has 0 bridgehead atoms. The van der Waals surface area contributed by atoms with Crippen molar-refractivity contribution >= 4 is 16.7 Å². The molecule has 2 atom stereocenters. The number of anilines is 1. The fraction of sp³-hybridized carbons (Fsp3) is 0.562. The molecule has 4 heteroatoms. The summed E-state index contributed by atoms with van der Waals surface area (Å²) in [6.45, 7) is 2.30. The number of aromatic amines is 2. The number of fused-ring (bicyclic) bond motifs is 1. The largest absolute Gasteiger partial charge is 0.382 e. The van der Waals surface area contributed by atoms with E-state index in [1.807, 2.05) is 18.2 Å². The van der Waals surface area contributed by atoms with Gasteiger partial charge in [0.1, 0.15) is 0 Å². The zero-order valence-electron chi connectivity index (χ0n) is 12.0. The van der Waals surface area contributed by atoms with Crippen LogP contribution in [-0.4, -0.2) is 16.0 Å². The average Bonchev–Trinajstić information content (AvgIpc) is 2.66. The van der Waals surface area contributed by atoms with Gasteiger partial charge in [-0.1, -0.05) is 26.2 Å². The van der Waals surface area contributed by atoms with Crippen molar-refractivity contribution in [2.75, 3.05) is 5.32 Å². The molecule has 2 aromatic rings. The summed E-state index contributed by atoms with van der Waals surface area (Å²) >= 11 is 0. The maximum absolute atomic E-state index is 11.3. The second kappa shape index (κ2) is 5.73. The van der Waals surface area contributed by atoms with Gasteiger partial charge in [0, 0.05) is 11.7 Å². The van der Waals surface area contributed by atoms with E-state index < -0.39 is 0 Å². The van der Waals surface area contributed by atoms with Crippen molar-refractivity contribution < 1.29 is 0 Å². The first-order chi connectivity index (χ1) is 9.74. The molecule has 0 radical (unpaired) electrons. The number of aromatic nitrogens is 2. The monoisotopic (exact) mass is 273 g/mol. The summed E-state index contributed by atoms with van der Waals surface area (Å²) in [4.78, 5) is 16.9. The number of nitrogens with one attached hydrogen (secondary N) is 3. The van der Waals surface area contributed by atoms with Gasteiger partial charge in [0.25, 0.3) is 0 Å². The number of H-pyrrole nitrogens is 2. The van der Waals surface area contributed by atoms with Crippen LogP contribution in [0.2, 0.25) is 0 Å². The first-order valence-corrected chi connectivity index (χ1v) is 7.73. The molecule has 1 aromatic heterocycles. The number of imidazole rings is 1. The fourth-order valence-corrected chi connectivity index (χ4v) is 3.29. The van der Waals surface area contributed by atoms with Gasteiger partial charge < -0.3 is 15.3 Å². The Morgan fingerprint density at radius 2 is 2.00 bits per heavy atom. The van der Waals surface area contributed by atoms with E-state index in [9.17, 15) is 4.79 Å². The molecular weight excluding hydrogens is 250 g/mol. The van der Waals surface area contributed by atoms with Gasteiger partial charge >= 0.3 is 5.69 Å². The highest BCUT2D eigenvalue weighted by Crippen LogP contribution is 2.27. The molecule has 0 spiro atoms. The lowest BCUT2D eigenvalue weighted by Gasteiger charge is -2.18. The molecule has 0 saturated heterocycles. The van der Waals surface area contributed by atoms with Gasteiger partial charge in [-0.15, -0.1) is 0 Å². The molecule has 0 amide bonds. The maximum atomic E-state index is 11.3. The molecule has 3 N–H and O–H groups in total. The fourth-order valence-electron chi connectivity index (χ4n) is 3.29. The Balaban J connectivity index is 1.70. The number of benzene rings is 1. The number of hydrogen-bond acceptors (Lipinski definition) is 2. The van der Waals surface area contributed by atoms with Crippen molar-refractivity contribution in [3.8, 4) is 0 Å². The van der Waals surface area contributed by atoms with Gasteiger partial charge in [-0.3, -0.25) is 0 Å². The summed E-state index contributed by atoms with van der Waals surface area (Å²) in [7, 11) is 0. The Kier molecular flexibility index (Phi) is 3.81. The molecule has 4 nitrogen and oxygen atoms in total. The van der Waals surface area contributed by atoms with Crippen LogP contribution in [0.5, 0.6) is 0 Å². The van der Waals surface area contributed by atoms with E-state index in [1.165, 1.54) is 38.5 Å². The van der Waals surface area contributed by atoms with E-state index in [1.54, 1.807) is 0 Å². The van der Waals surface area contributed by atoms with E-state index in [0.717, 1.165) is 22.6 Å². The van der Waals surface area contributed by atoms with Gasteiger partial charge in [0.15, 0.2) is 0 Å². The minimum absolute atomic E-state index is 0.141. The molecule has 1 aromatic carbocycles. The second-order valence-electron chi connectivity index (χ2n) is 5.96. The predicted molar refractivity (Wildman–Crippen MR) is 83.2 cm³/mol. The van der Waals surface area contributed by atoms with Crippen LogP contribution in [0.1, 0.15) is 45.4 Å². The topological polar surface area (TPSA) is 60.7 Å². The molecule has 1 aliphatic rings. The van der Waals surface area contributed by atoms with Crippen LogP contribution < -0.4 is 11.0 Å². The van der Waals surface area contributed by atoms with Crippen LogP contribution in [-0.2, 0) is 0 Å². The maximum Gasteiger partial charge on any atom is 0.323 e. The zero-order chi connectivity index (χ0) is 13.9. The van der Waals surface area contributed by atoms with Crippen LogP contribution in [0.4, 0.5) is 5.69 Å². The van der Waals surface area contributed by atoms with Crippen LogP contribution in [0, 0.1) is 5.92 Å². The summed E-state index contributed by atoms with van der Waals surface area (Å²) in [5.41, 5.74) is 2.71. The quantitative estimate of drug-likeness (QED) is 0.748. The third kappa shape index (κ3) is 2.89. The molecule has 20 heavy (non-hydrogen) atoms. The summed E-state index contributed by atoms with van der Waals surface area (Å²) in [5.74, 6) is 0.908. The first-order valence-electron chi connectivity index (χ1n) is 7.73. The lowest BCUT2D eigenvalue weighted by atomic mass is 9.98. The Labute approximate surface area is 119 Å². The molecule has 1 saturated carbocycles. The summed E-state index contributed by atoms with van der Waals surface area (Å²) in [6, 6.07) is 6.60. The van der Waals surface area contributed by atoms with Crippen LogP contribution >= 0.6 is 0 Å². The highest BCUT2D eigenvalue weighted by atomic mass is 16.1. The smallest absolute Gasteiger partial charge is 0.323 e. The molecular formula is C16H23N3O. The SMILES string of the molecule is CCC1CCCC(Nc2ccc3[nH]c(=O)[nH]c3c2)CC1. The molecule has 1 aliphatic carbocycles. The Hall–Kier alpha value is -1.71. The molecule has 2 unspecified atom stereocenters. The summed E-state index contributed by atoms with van der Waals surface area (Å²) in [6.07, 6.45) is 7.83.